The average Bonchev–Trinajstić information content (AvgIpc) is 3.16. The highest BCUT2D eigenvalue weighted by Crippen LogP contribution is 2.19. The molecule has 1 saturated carbocycles. The lowest BCUT2D eigenvalue weighted by Crippen LogP contribution is -2.57. The van der Waals surface area contributed by atoms with Crippen molar-refractivity contribution in [2.24, 2.45) is 5.92 Å². The number of hydrogen-bond acceptors (Lipinski definition) is 3. The minimum absolute atomic E-state index is 0.104. The molecule has 2 aliphatic rings. The Balaban J connectivity index is 1.80. The molecule has 2 rings (SSSR count). The lowest BCUT2D eigenvalue weighted by atomic mass is 10.1. The molecule has 5 heteroatoms. The zero-order valence-corrected chi connectivity index (χ0v) is 12.2. The summed E-state index contributed by atoms with van der Waals surface area (Å²) < 4.78 is 0. The van der Waals surface area contributed by atoms with E-state index < -0.39 is 0 Å². The zero-order chi connectivity index (χ0) is 14.0. The first kappa shape index (κ1) is 14.3. The summed E-state index contributed by atoms with van der Waals surface area (Å²) in [6.07, 6.45) is 2.55. The molecule has 5 nitrogen and oxygen atoms in total. The topological polar surface area (TPSA) is 52.6 Å². The van der Waals surface area contributed by atoms with Crippen LogP contribution in [0.4, 0.5) is 0 Å². The summed E-state index contributed by atoms with van der Waals surface area (Å²) in [4.78, 5) is 27.4. The molecular formula is C14H25N3O2. The Bertz CT molecular complexity index is 353. The maximum absolute atomic E-state index is 12.0. The third kappa shape index (κ3) is 3.69. The Labute approximate surface area is 115 Å². The fourth-order valence-electron chi connectivity index (χ4n) is 2.45. The van der Waals surface area contributed by atoms with E-state index >= 15 is 0 Å². The molecule has 2 amide bonds. The Kier molecular flexibility index (Phi) is 4.45. The number of amides is 2. The van der Waals surface area contributed by atoms with Crippen LogP contribution in [-0.4, -0.2) is 59.9 Å². The van der Waals surface area contributed by atoms with Gasteiger partial charge < -0.3 is 15.1 Å². The molecule has 1 heterocycles. The average molecular weight is 267 g/mol. The van der Waals surface area contributed by atoms with E-state index in [0.29, 0.717) is 31.6 Å². The summed E-state index contributed by atoms with van der Waals surface area (Å²) in [6, 6.07) is 0.796. The molecule has 1 saturated heterocycles. The van der Waals surface area contributed by atoms with E-state index in [1.165, 1.54) is 12.8 Å². The van der Waals surface area contributed by atoms with E-state index in [-0.39, 0.29) is 17.9 Å². The minimum Gasteiger partial charge on any atom is -0.332 e. The van der Waals surface area contributed by atoms with E-state index in [4.69, 9.17) is 0 Å². The predicted octanol–water partition coefficient (Wildman–Crippen LogP) is 0.454. The van der Waals surface area contributed by atoms with Gasteiger partial charge in [0.25, 0.3) is 0 Å². The van der Waals surface area contributed by atoms with Crippen molar-refractivity contribution in [2.45, 2.75) is 45.7 Å². The van der Waals surface area contributed by atoms with Crippen LogP contribution >= 0.6 is 0 Å². The largest absolute Gasteiger partial charge is 0.332 e. The molecule has 19 heavy (non-hydrogen) atoms. The molecule has 0 aromatic heterocycles. The number of nitrogens with one attached hydrogen (secondary N) is 1. The first-order chi connectivity index (χ1) is 8.99. The zero-order valence-electron chi connectivity index (χ0n) is 12.2. The maximum atomic E-state index is 12.0. The van der Waals surface area contributed by atoms with Gasteiger partial charge in [0.2, 0.25) is 0 Å². The van der Waals surface area contributed by atoms with Gasteiger partial charge in [0.1, 0.15) is 0 Å². The molecule has 0 aromatic carbocycles. The van der Waals surface area contributed by atoms with Gasteiger partial charge in [-0.1, -0.05) is 6.92 Å². The number of carbonyl (C=O) groups is 2. The first-order valence-corrected chi connectivity index (χ1v) is 7.32. The van der Waals surface area contributed by atoms with Crippen molar-refractivity contribution in [3.05, 3.63) is 0 Å². The van der Waals surface area contributed by atoms with Gasteiger partial charge in [-0.3, -0.25) is 9.59 Å². The number of rotatable bonds is 6. The second-order valence-electron chi connectivity index (χ2n) is 6.13. The molecule has 1 aliphatic heterocycles. The van der Waals surface area contributed by atoms with Crippen LogP contribution in [0, 0.1) is 5.92 Å². The van der Waals surface area contributed by atoms with Crippen LogP contribution in [-0.2, 0) is 9.59 Å². The van der Waals surface area contributed by atoms with Gasteiger partial charge in [0.15, 0.2) is 0 Å². The lowest BCUT2D eigenvalue weighted by Gasteiger charge is -2.37. The van der Waals surface area contributed by atoms with Crippen molar-refractivity contribution < 1.29 is 9.59 Å². The number of carbonyl (C=O) groups excluding carboxylic acids is 2. The summed E-state index contributed by atoms with van der Waals surface area (Å²) >= 11 is 0. The molecule has 1 aliphatic carbocycles. The van der Waals surface area contributed by atoms with Crippen LogP contribution in [0.25, 0.3) is 0 Å². The van der Waals surface area contributed by atoms with E-state index in [9.17, 15) is 9.59 Å². The third-order valence-electron chi connectivity index (χ3n) is 3.83. The molecule has 0 aromatic rings. The SMILES string of the molecule is CC(CNC1CC1)CN1CCN(C(C)C)C(=O)C1=O. The van der Waals surface area contributed by atoms with E-state index in [1.807, 2.05) is 13.8 Å². The van der Waals surface area contributed by atoms with Crippen molar-refractivity contribution in [2.75, 3.05) is 26.2 Å². The van der Waals surface area contributed by atoms with E-state index in [1.54, 1.807) is 9.80 Å². The van der Waals surface area contributed by atoms with Crippen molar-refractivity contribution in [1.82, 2.24) is 15.1 Å². The normalized spacial score (nSPS) is 22.3. The van der Waals surface area contributed by atoms with Crippen LogP contribution in [0.15, 0.2) is 0 Å². The molecule has 108 valence electrons. The summed E-state index contributed by atoms with van der Waals surface area (Å²) in [7, 11) is 0. The van der Waals surface area contributed by atoms with Gasteiger partial charge in [-0.15, -0.1) is 0 Å². The maximum Gasteiger partial charge on any atom is 0.312 e. The minimum atomic E-state index is -0.344. The molecule has 1 atom stereocenters. The third-order valence-corrected chi connectivity index (χ3v) is 3.83. The summed E-state index contributed by atoms with van der Waals surface area (Å²) in [5.41, 5.74) is 0. The smallest absolute Gasteiger partial charge is 0.312 e. The van der Waals surface area contributed by atoms with Crippen LogP contribution in [0.5, 0.6) is 0 Å². The quantitative estimate of drug-likeness (QED) is 0.711. The Morgan fingerprint density at radius 1 is 1.16 bits per heavy atom. The first-order valence-electron chi connectivity index (χ1n) is 7.32. The number of piperazine rings is 1. The number of nitrogens with zero attached hydrogens (tertiary/aromatic N) is 2. The standard InChI is InChI=1S/C14H25N3O2/c1-10(2)17-7-6-16(13(18)14(17)19)9-11(3)8-15-12-4-5-12/h10-12,15H,4-9H2,1-3H3. The predicted molar refractivity (Wildman–Crippen MR) is 73.6 cm³/mol. The highest BCUT2D eigenvalue weighted by atomic mass is 16.2. The van der Waals surface area contributed by atoms with Crippen molar-refractivity contribution in [1.29, 1.82) is 0 Å². The van der Waals surface area contributed by atoms with Gasteiger partial charge in [0.05, 0.1) is 0 Å². The second kappa shape index (κ2) is 5.90. The van der Waals surface area contributed by atoms with Crippen LogP contribution in [0.3, 0.4) is 0 Å². The van der Waals surface area contributed by atoms with Crippen LogP contribution in [0.2, 0.25) is 0 Å². The molecule has 0 radical (unpaired) electrons. The molecule has 0 spiro atoms. The van der Waals surface area contributed by atoms with Crippen molar-refractivity contribution in [3.8, 4) is 0 Å². The molecule has 1 unspecified atom stereocenters. The van der Waals surface area contributed by atoms with Gasteiger partial charge in [0, 0.05) is 31.7 Å². The number of hydrogen-bond donors (Lipinski definition) is 1. The second-order valence-corrected chi connectivity index (χ2v) is 6.13. The van der Waals surface area contributed by atoms with Gasteiger partial charge >= 0.3 is 11.8 Å². The summed E-state index contributed by atoms with van der Waals surface area (Å²) in [5.74, 6) is -0.287. The molecular weight excluding hydrogens is 242 g/mol. The monoisotopic (exact) mass is 267 g/mol. The van der Waals surface area contributed by atoms with Crippen molar-refractivity contribution >= 4 is 11.8 Å². The lowest BCUT2D eigenvalue weighted by molar-refractivity contribution is -0.157. The highest BCUT2D eigenvalue weighted by Gasteiger charge is 2.34. The highest BCUT2D eigenvalue weighted by molar-refractivity contribution is 6.35. The van der Waals surface area contributed by atoms with Gasteiger partial charge in [-0.05, 0) is 39.2 Å². The molecule has 2 fully saturated rings. The van der Waals surface area contributed by atoms with E-state index in [2.05, 4.69) is 12.2 Å². The van der Waals surface area contributed by atoms with Gasteiger partial charge in [-0.25, -0.2) is 0 Å². The van der Waals surface area contributed by atoms with Crippen molar-refractivity contribution in [3.63, 3.8) is 0 Å². The van der Waals surface area contributed by atoms with Crippen LogP contribution < -0.4 is 5.32 Å². The Hall–Kier alpha value is -1.10. The Morgan fingerprint density at radius 3 is 2.42 bits per heavy atom. The summed E-state index contributed by atoms with van der Waals surface area (Å²) in [6.45, 7) is 8.95. The van der Waals surface area contributed by atoms with E-state index in [0.717, 1.165) is 6.54 Å². The fourth-order valence-corrected chi connectivity index (χ4v) is 2.45. The van der Waals surface area contributed by atoms with Gasteiger partial charge in [-0.2, -0.15) is 0 Å². The Morgan fingerprint density at radius 2 is 1.84 bits per heavy atom. The molecule has 0 bridgehead atoms. The fraction of sp³-hybridized carbons (Fsp3) is 0.857. The molecule has 1 N–H and O–H groups in total. The summed E-state index contributed by atoms with van der Waals surface area (Å²) in [5, 5.41) is 3.47. The van der Waals surface area contributed by atoms with Crippen LogP contribution in [0.1, 0.15) is 33.6 Å².